The molecule has 2 fully saturated rings. The van der Waals surface area contributed by atoms with Gasteiger partial charge < -0.3 is 16.0 Å². The van der Waals surface area contributed by atoms with Gasteiger partial charge in [0, 0.05) is 31.8 Å². The molecule has 0 bridgehead atoms. The first-order chi connectivity index (χ1) is 12.5. The van der Waals surface area contributed by atoms with E-state index in [9.17, 15) is 27.2 Å². The zero-order chi connectivity index (χ0) is 20.1. The molecule has 10 heteroatoms. The van der Waals surface area contributed by atoms with Crippen LogP contribution in [-0.2, 0) is 4.79 Å². The van der Waals surface area contributed by atoms with Gasteiger partial charge in [0.15, 0.2) is 0 Å². The van der Waals surface area contributed by atoms with E-state index < -0.39 is 64.7 Å². The van der Waals surface area contributed by atoms with Crippen molar-refractivity contribution >= 4 is 23.5 Å². The number of primary amides is 1. The van der Waals surface area contributed by atoms with E-state index in [1.54, 1.807) is 0 Å². The van der Waals surface area contributed by atoms with Crippen LogP contribution in [0, 0.1) is 17.6 Å². The maximum absolute atomic E-state index is 14.8. The minimum Gasteiger partial charge on any atom is -0.352 e. The first-order valence-corrected chi connectivity index (χ1v) is 8.73. The summed E-state index contributed by atoms with van der Waals surface area (Å²) in [6, 6.07) is 1.05. The fourth-order valence-corrected chi connectivity index (χ4v) is 4.38. The number of alkyl halides is 2. The van der Waals surface area contributed by atoms with Crippen molar-refractivity contribution in [3.63, 3.8) is 0 Å². The van der Waals surface area contributed by atoms with Gasteiger partial charge in [-0.2, -0.15) is 0 Å². The van der Waals surface area contributed by atoms with Crippen molar-refractivity contribution in [3.8, 4) is 0 Å². The monoisotopic (exact) mass is 407 g/mol. The van der Waals surface area contributed by atoms with Crippen molar-refractivity contribution in [3.05, 3.63) is 34.4 Å². The van der Waals surface area contributed by atoms with Gasteiger partial charge in [-0.3, -0.25) is 4.79 Å². The first kappa shape index (κ1) is 19.7. The van der Waals surface area contributed by atoms with E-state index in [0.717, 1.165) is 17.0 Å². The van der Waals surface area contributed by atoms with Crippen molar-refractivity contribution < 1.29 is 27.2 Å². The van der Waals surface area contributed by atoms with Crippen LogP contribution in [0.5, 0.6) is 0 Å². The Labute approximate surface area is 157 Å². The van der Waals surface area contributed by atoms with Crippen molar-refractivity contribution in [2.45, 2.75) is 37.1 Å². The largest absolute Gasteiger partial charge is 0.352 e. The Morgan fingerprint density at radius 2 is 2.00 bits per heavy atom. The number of rotatable bonds is 3. The van der Waals surface area contributed by atoms with Gasteiger partial charge in [-0.05, 0) is 24.5 Å². The number of halogens is 5. The van der Waals surface area contributed by atoms with Gasteiger partial charge >= 0.3 is 6.03 Å². The fourth-order valence-electron chi connectivity index (χ4n) is 4.20. The minimum atomic E-state index is -2.96. The number of carbonyl (C=O) groups excluding carboxylic acids is 2. The summed E-state index contributed by atoms with van der Waals surface area (Å²) in [6.45, 7) is 1.51. The van der Waals surface area contributed by atoms with E-state index in [1.807, 2.05) is 0 Å². The topological polar surface area (TPSA) is 75.4 Å². The number of hydrogen-bond donors (Lipinski definition) is 2. The van der Waals surface area contributed by atoms with E-state index in [4.69, 9.17) is 17.3 Å². The summed E-state index contributed by atoms with van der Waals surface area (Å²) in [5, 5.41) is 1.77. The Bertz CT molecular complexity index is 799. The zero-order valence-electron chi connectivity index (χ0n) is 14.4. The van der Waals surface area contributed by atoms with Gasteiger partial charge in [0.05, 0.1) is 0 Å². The summed E-state index contributed by atoms with van der Waals surface area (Å²) in [6.07, 6.45) is -1.19. The Morgan fingerprint density at radius 3 is 2.56 bits per heavy atom. The molecule has 2 aliphatic rings. The predicted molar refractivity (Wildman–Crippen MR) is 89.5 cm³/mol. The highest BCUT2D eigenvalue weighted by Crippen LogP contribution is 2.54. The molecule has 1 aromatic rings. The van der Waals surface area contributed by atoms with E-state index >= 15 is 0 Å². The summed E-state index contributed by atoms with van der Waals surface area (Å²) in [5.74, 6) is -7.76. The summed E-state index contributed by atoms with van der Waals surface area (Å²) in [5.41, 5.74) is 3.47. The van der Waals surface area contributed by atoms with Gasteiger partial charge in [-0.1, -0.05) is 17.7 Å². The Balaban J connectivity index is 2.17. The first-order valence-electron chi connectivity index (χ1n) is 8.35. The number of piperazine rings is 1. The Hall–Kier alpha value is -2.03. The molecule has 1 aliphatic heterocycles. The lowest BCUT2D eigenvalue weighted by atomic mass is 9.62. The molecule has 1 aliphatic carbocycles. The van der Waals surface area contributed by atoms with Crippen LogP contribution in [-0.4, -0.2) is 41.4 Å². The standard InChI is InChI=1S/C17H18ClF4N3O2/c1-16(14(26)24-4-5-25(16)15(23)27)11(8-6-17(21,22)7-8)9-2-3-10(19)12(18)13(9)20/h2-3,8,11H,4-7H2,1H3,(H2,23,27)(H,24,26)/t11-,16?/m0/s1. The van der Waals surface area contributed by atoms with Crippen LogP contribution in [0.2, 0.25) is 5.02 Å². The second-order valence-corrected chi connectivity index (χ2v) is 7.54. The SMILES string of the molecule is CC1([C@H](c2ccc(F)c(Cl)c2F)C2CC(F)(F)C2)C(=O)NCCN1C(N)=O. The van der Waals surface area contributed by atoms with Gasteiger partial charge in [0.1, 0.15) is 22.2 Å². The molecule has 2 atom stereocenters. The number of amides is 3. The third-order valence-electron chi connectivity index (χ3n) is 5.51. The number of nitrogens with one attached hydrogen (secondary N) is 1. The summed E-state index contributed by atoms with van der Waals surface area (Å²) in [7, 11) is 0. The van der Waals surface area contributed by atoms with Crippen LogP contribution in [0.25, 0.3) is 0 Å². The maximum Gasteiger partial charge on any atom is 0.315 e. The molecule has 148 valence electrons. The quantitative estimate of drug-likeness (QED) is 0.597. The van der Waals surface area contributed by atoms with Crippen molar-refractivity contribution in [2.75, 3.05) is 13.1 Å². The van der Waals surface area contributed by atoms with Gasteiger partial charge in [0.25, 0.3) is 0 Å². The lowest BCUT2D eigenvalue weighted by Gasteiger charge is -2.52. The molecule has 1 saturated heterocycles. The van der Waals surface area contributed by atoms with E-state index in [0.29, 0.717) is 0 Å². The second kappa shape index (κ2) is 6.54. The average Bonchev–Trinajstić information content (AvgIpc) is 2.55. The summed E-state index contributed by atoms with van der Waals surface area (Å²) >= 11 is 5.66. The summed E-state index contributed by atoms with van der Waals surface area (Å²) < 4.78 is 55.5. The lowest BCUT2D eigenvalue weighted by Crippen LogP contribution is -2.70. The third-order valence-corrected chi connectivity index (χ3v) is 5.85. The molecule has 5 nitrogen and oxygen atoms in total. The molecular weight excluding hydrogens is 390 g/mol. The molecule has 1 aromatic carbocycles. The van der Waals surface area contributed by atoms with E-state index in [-0.39, 0.29) is 18.7 Å². The normalized spacial score (nSPS) is 26.3. The Kier molecular flexibility index (Phi) is 4.78. The highest BCUT2D eigenvalue weighted by molar-refractivity contribution is 6.31. The molecule has 1 saturated carbocycles. The average molecular weight is 408 g/mol. The lowest BCUT2D eigenvalue weighted by molar-refractivity contribution is -0.149. The molecule has 1 unspecified atom stereocenters. The maximum atomic E-state index is 14.8. The highest BCUT2D eigenvalue weighted by atomic mass is 35.5. The van der Waals surface area contributed by atoms with E-state index in [1.165, 1.54) is 6.92 Å². The van der Waals surface area contributed by atoms with E-state index in [2.05, 4.69) is 5.32 Å². The zero-order valence-corrected chi connectivity index (χ0v) is 15.1. The van der Waals surface area contributed by atoms with Gasteiger partial charge in [0.2, 0.25) is 11.8 Å². The Morgan fingerprint density at radius 1 is 1.37 bits per heavy atom. The summed E-state index contributed by atoms with van der Waals surface area (Å²) in [4.78, 5) is 25.7. The molecular formula is C17H18ClF4N3O2. The fraction of sp³-hybridized carbons (Fsp3) is 0.529. The molecule has 0 spiro atoms. The molecule has 0 radical (unpaired) electrons. The number of hydrogen-bond acceptors (Lipinski definition) is 2. The van der Waals surface area contributed by atoms with Crippen LogP contribution >= 0.6 is 11.6 Å². The smallest absolute Gasteiger partial charge is 0.315 e. The second-order valence-electron chi connectivity index (χ2n) is 7.16. The van der Waals surface area contributed by atoms with Crippen LogP contribution in [0.15, 0.2) is 12.1 Å². The van der Waals surface area contributed by atoms with Crippen LogP contribution < -0.4 is 11.1 Å². The van der Waals surface area contributed by atoms with Crippen LogP contribution in [0.4, 0.5) is 22.4 Å². The van der Waals surface area contributed by atoms with Crippen LogP contribution in [0.3, 0.4) is 0 Å². The van der Waals surface area contributed by atoms with Crippen molar-refractivity contribution in [1.29, 1.82) is 0 Å². The molecule has 0 aromatic heterocycles. The number of benzene rings is 1. The molecule has 3 N–H and O–H groups in total. The number of urea groups is 1. The van der Waals surface area contributed by atoms with Crippen molar-refractivity contribution in [2.24, 2.45) is 11.7 Å². The van der Waals surface area contributed by atoms with Crippen LogP contribution in [0.1, 0.15) is 31.2 Å². The number of nitrogens with two attached hydrogens (primary N) is 1. The van der Waals surface area contributed by atoms with Gasteiger partial charge in [-0.15, -0.1) is 0 Å². The molecule has 27 heavy (non-hydrogen) atoms. The molecule has 3 rings (SSSR count). The van der Waals surface area contributed by atoms with Gasteiger partial charge in [-0.25, -0.2) is 22.4 Å². The number of carbonyl (C=O) groups is 2. The minimum absolute atomic E-state index is 0.0354. The molecule has 1 heterocycles. The molecule has 3 amide bonds. The third kappa shape index (κ3) is 3.11. The highest BCUT2D eigenvalue weighted by Gasteiger charge is 2.59. The predicted octanol–water partition coefficient (Wildman–Crippen LogP) is 3.02. The number of nitrogens with zero attached hydrogens (tertiary/aromatic N) is 1. The van der Waals surface area contributed by atoms with Crippen molar-refractivity contribution in [1.82, 2.24) is 10.2 Å².